The van der Waals surface area contributed by atoms with E-state index in [4.69, 9.17) is 4.74 Å². The molecule has 3 heterocycles. The highest BCUT2D eigenvalue weighted by Crippen LogP contribution is 2.31. The van der Waals surface area contributed by atoms with Crippen LogP contribution in [-0.4, -0.2) is 25.8 Å². The van der Waals surface area contributed by atoms with E-state index in [1.54, 1.807) is 13.1 Å². The molecule has 0 saturated heterocycles. The Kier molecular flexibility index (Phi) is 5.43. The first kappa shape index (κ1) is 20.2. The Balaban J connectivity index is 1.72. The molecule has 0 aliphatic rings. The molecule has 0 amide bonds. The number of nitrogens with one attached hydrogen (secondary N) is 2. The predicted molar refractivity (Wildman–Crippen MR) is 113 cm³/mol. The van der Waals surface area contributed by atoms with Crippen molar-refractivity contribution in [1.29, 1.82) is 5.26 Å². The average molecular weight is 453 g/mol. The van der Waals surface area contributed by atoms with E-state index in [0.717, 1.165) is 23.1 Å². The van der Waals surface area contributed by atoms with Crippen LogP contribution in [0, 0.1) is 18.3 Å². The number of aryl methyl sites for hydroxylation is 1. The number of methoxy groups -OCH3 is 1. The van der Waals surface area contributed by atoms with Crippen molar-refractivity contribution >= 4 is 44.1 Å². The molecule has 0 bridgehead atoms. The lowest BCUT2D eigenvalue weighted by Crippen LogP contribution is -2.47. The van der Waals surface area contributed by atoms with Crippen LogP contribution in [0.2, 0.25) is 0 Å². The molecule has 4 rings (SSSR count). The zero-order chi connectivity index (χ0) is 22.0. The highest BCUT2D eigenvalue weighted by Gasteiger charge is 2.13. The van der Waals surface area contributed by atoms with Crippen molar-refractivity contribution in [2.24, 2.45) is 10.2 Å². The van der Waals surface area contributed by atoms with Crippen LogP contribution in [-0.2, 0) is 0 Å². The zero-order valence-corrected chi connectivity index (χ0v) is 17.5. The minimum atomic E-state index is -0.684. The molecule has 0 aliphatic carbocycles. The number of fused-ring (bicyclic) bond motifs is 1. The van der Waals surface area contributed by atoms with E-state index in [-0.39, 0.29) is 21.9 Å². The lowest BCUT2D eigenvalue weighted by molar-refractivity contribution is 0.386. The third-order valence-corrected chi connectivity index (χ3v) is 5.40. The van der Waals surface area contributed by atoms with Gasteiger partial charge in [0, 0.05) is 11.5 Å². The van der Waals surface area contributed by atoms with Gasteiger partial charge < -0.3 is 4.74 Å². The summed E-state index contributed by atoms with van der Waals surface area (Å²) < 4.78 is 13.0. The fraction of sp³-hybridized carbons (Fsp3) is 0.118. The van der Waals surface area contributed by atoms with Crippen LogP contribution in [0.25, 0.3) is 10.9 Å². The molecule has 154 valence electrons. The number of nitriles is 1. The highest BCUT2D eigenvalue weighted by molar-refractivity contribution is 7.11. The van der Waals surface area contributed by atoms with Crippen molar-refractivity contribution in [3.8, 4) is 12.1 Å². The van der Waals surface area contributed by atoms with Gasteiger partial charge in [-0.15, -0.1) is 4.37 Å². The standard InChI is InChI=1S/C17H11N9O3S2/c1-7-8(5-18)12-10(6-19-7)25-30-15(12)23-21-9-3-4-11(27)13(14(9)28)22-24-17-20-16(29-2)26-31-17/h3-4,6,23H,1-2H3,(H,20,24,26). The van der Waals surface area contributed by atoms with Gasteiger partial charge in [0.25, 0.3) is 0 Å². The number of ether oxygens (including phenoxy) is 1. The summed E-state index contributed by atoms with van der Waals surface area (Å²) in [6.07, 6.45) is 1.56. The monoisotopic (exact) mass is 453 g/mol. The Morgan fingerprint density at radius 2 is 2.00 bits per heavy atom. The molecule has 14 heteroatoms. The minimum absolute atomic E-state index is 0.0409. The Morgan fingerprint density at radius 1 is 1.16 bits per heavy atom. The number of nitrogens with zero attached hydrogens (tertiary/aromatic N) is 7. The van der Waals surface area contributed by atoms with E-state index < -0.39 is 10.9 Å². The molecule has 0 fully saturated rings. The fourth-order valence-electron chi connectivity index (χ4n) is 2.54. The molecule has 0 aliphatic heterocycles. The molecule has 3 aromatic heterocycles. The Morgan fingerprint density at radius 3 is 2.74 bits per heavy atom. The van der Waals surface area contributed by atoms with Crippen LogP contribution in [0.1, 0.15) is 11.3 Å². The Hall–Kier alpha value is -4.09. The van der Waals surface area contributed by atoms with Crippen molar-refractivity contribution in [1.82, 2.24) is 18.7 Å². The second-order valence-electron chi connectivity index (χ2n) is 5.90. The number of pyridine rings is 1. The lowest BCUT2D eigenvalue weighted by atomic mass is 10.1. The van der Waals surface area contributed by atoms with Crippen molar-refractivity contribution in [2.75, 3.05) is 18.0 Å². The summed E-state index contributed by atoms with van der Waals surface area (Å²) in [5.74, 6) is 0. The van der Waals surface area contributed by atoms with Gasteiger partial charge in [-0.1, -0.05) is 0 Å². The van der Waals surface area contributed by atoms with Gasteiger partial charge in [-0.2, -0.15) is 24.8 Å². The largest absolute Gasteiger partial charge is 0.466 e. The molecule has 0 atom stereocenters. The van der Waals surface area contributed by atoms with Crippen LogP contribution in [0.3, 0.4) is 0 Å². The number of anilines is 2. The third-order valence-electron chi connectivity index (χ3n) is 4.03. The summed E-state index contributed by atoms with van der Waals surface area (Å²) in [4.78, 5) is 32.9. The lowest BCUT2D eigenvalue weighted by Gasteiger charge is -2.00. The van der Waals surface area contributed by atoms with Gasteiger partial charge in [0.05, 0.1) is 30.0 Å². The molecule has 1 aromatic carbocycles. The van der Waals surface area contributed by atoms with Crippen LogP contribution < -0.4 is 37.2 Å². The van der Waals surface area contributed by atoms with Gasteiger partial charge in [-0.3, -0.25) is 25.4 Å². The molecule has 2 N–H and O–H groups in total. The van der Waals surface area contributed by atoms with Gasteiger partial charge in [0.2, 0.25) is 16.0 Å². The van der Waals surface area contributed by atoms with E-state index in [1.165, 1.54) is 19.2 Å². The Labute approximate surface area is 180 Å². The van der Waals surface area contributed by atoms with E-state index in [1.807, 2.05) is 0 Å². The fourth-order valence-corrected chi connectivity index (χ4v) is 3.74. The summed E-state index contributed by atoms with van der Waals surface area (Å²) >= 11 is 2.03. The molecule has 12 nitrogen and oxygen atoms in total. The molecular weight excluding hydrogens is 442 g/mol. The first-order chi connectivity index (χ1) is 15.0. The summed E-state index contributed by atoms with van der Waals surface area (Å²) in [6, 6.07) is 4.71. The maximum atomic E-state index is 12.7. The smallest absolute Gasteiger partial charge is 0.329 e. The summed E-state index contributed by atoms with van der Waals surface area (Å²) in [5, 5.41) is 18.3. The molecule has 31 heavy (non-hydrogen) atoms. The van der Waals surface area contributed by atoms with Crippen molar-refractivity contribution < 1.29 is 4.74 Å². The average Bonchev–Trinajstić information content (AvgIpc) is 3.40. The van der Waals surface area contributed by atoms with E-state index in [0.29, 0.717) is 27.2 Å². The maximum Gasteiger partial charge on any atom is 0.329 e. The first-order valence-electron chi connectivity index (χ1n) is 8.49. The number of aromatic nitrogens is 4. The number of hydrogen-bond donors (Lipinski definition) is 2. The van der Waals surface area contributed by atoms with Gasteiger partial charge in [-0.05, 0) is 30.6 Å². The molecule has 0 radical (unpaired) electrons. The molecule has 4 aromatic rings. The summed E-state index contributed by atoms with van der Waals surface area (Å²) in [6.45, 7) is 1.72. The van der Waals surface area contributed by atoms with Crippen LogP contribution in [0.5, 0.6) is 6.01 Å². The normalized spacial score (nSPS) is 12.2. The van der Waals surface area contributed by atoms with Gasteiger partial charge in [-0.25, -0.2) is 0 Å². The Bertz CT molecular complexity index is 1560. The van der Waals surface area contributed by atoms with Crippen LogP contribution in [0.4, 0.5) is 10.1 Å². The SMILES string of the molecule is COc1nsc(NN=c2c(=O)ccc(=NNc3snc4cnc(C)c(C#N)c34)c2=O)n1. The quantitative estimate of drug-likeness (QED) is 0.398. The second kappa shape index (κ2) is 8.34. The van der Waals surface area contributed by atoms with Crippen molar-refractivity contribution in [3.05, 3.63) is 60.7 Å². The van der Waals surface area contributed by atoms with Crippen molar-refractivity contribution in [2.45, 2.75) is 6.92 Å². The molecule has 0 spiro atoms. The van der Waals surface area contributed by atoms with Crippen LogP contribution >= 0.6 is 23.1 Å². The van der Waals surface area contributed by atoms with Gasteiger partial charge >= 0.3 is 6.01 Å². The number of rotatable bonds is 5. The number of benzene rings is 1. The van der Waals surface area contributed by atoms with Gasteiger partial charge in [0.15, 0.2) is 5.36 Å². The first-order valence-corrected chi connectivity index (χ1v) is 10.0. The minimum Gasteiger partial charge on any atom is -0.466 e. The van der Waals surface area contributed by atoms with E-state index in [9.17, 15) is 14.9 Å². The third kappa shape index (κ3) is 3.86. The predicted octanol–water partition coefficient (Wildman–Crippen LogP) is 0.183. The summed E-state index contributed by atoms with van der Waals surface area (Å²) in [5.41, 5.74) is 5.47. The molecule has 0 saturated carbocycles. The van der Waals surface area contributed by atoms with Crippen LogP contribution in [0.15, 0.2) is 38.1 Å². The maximum absolute atomic E-state index is 12.7. The van der Waals surface area contributed by atoms with Gasteiger partial charge in [0.1, 0.15) is 21.9 Å². The zero-order valence-electron chi connectivity index (χ0n) is 15.9. The molecular formula is C17H11N9O3S2. The van der Waals surface area contributed by atoms with E-state index in [2.05, 4.69) is 45.8 Å². The number of hydrogen-bond acceptors (Lipinski definition) is 14. The van der Waals surface area contributed by atoms with E-state index >= 15 is 0 Å². The second-order valence-corrected chi connectivity index (χ2v) is 7.42. The topological polar surface area (TPSA) is 168 Å². The highest BCUT2D eigenvalue weighted by atomic mass is 32.1. The summed E-state index contributed by atoms with van der Waals surface area (Å²) in [7, 11) is 1.41. The molecule has 0 unspecified atom stereocenters. The van der Waals surface area contributed by atoms with Crippen molar-refractivity contribution in [3.63, 3.8) is 0 Å².